The number of aromatic nitrogens is 4. The van der Waals surface area contributed by atoms with Crippen molar-refractivity contribution in [2.75, 3.05) is 13.2 Å². The first-order chi connectivity index (χ1) is 15.3. The van der Waals surface area contributed by atoms with Crippen molar-refractivity contribution in [2.45, 2.75) is 52.7 Å². The van der Waals surface area contributed by atoms with Crippen LogP contribution in [0.4, 0.5) is 0 Å². The summed E-state index contributed by atoms with van der Waals surface area (Å²) in [5.74, 6) is 0.0190. The molecule has 0 amide bonds. The van der Waals surface area contributed by atoms with E-state index in [0.717, 1.165) is 24.1 Å². The first kappa shape index (κ1) is 27.0. The van der Waals surface area contributed by atoms with Gasteiger partial charge in [-0.3, -0.25) is 14.0 Å². The predicted molar refractivity (Wildman–Crippen MR) is 118 cm³/mol. The number of hydrogen-bond donors (Lipinski definition) is 0. The Bertz CT molecular complexity index is 1140. The van der Waals surface area contributed by atoms with E-state index >= 15 is 0 Å². The molecule has 0 aliphatic carbocycles. The van der Waals surface area contributed by atoms with Crippen molar-refractivity contribution >= 4 is 17.0 Å². The zero-order valence-electron chi connectivity index (χ0n) is 20.0. The third-order valence-corrected chi connectivity index (χ3v) is 5.25. The molecule has 0 bridgehead atoms. The summed E-state index contributed by atoms with van der Waals surface area (Å²) < 4.78 is 14.2. The van der Waals surface area contributed by atoms with Crippen LogP contribution in [0.15, 0.2) is 29.1 Å². The Morgan fingerprint density at radius 1 is 1.21 bits per heavy atom. The van der Waals surface area contributed by atoms with Crippen molar-refractivity contribution in [3.05, 3.63) is 51.7 Å². The van der Waals surface area contributed by atoms with Crippen LogP contribution in [0.3, 0.4) is 0 Å². The van der Waals surface area contributed by atoms with E-state index in [0.29, 0.717) is 35.8 Å². The Balaban J connectivity index is 0.00000385. The molecule has 10 heteroatoms. The van der Waals surface area contributed by atoms with Gasteiger partial charge in [0.15, 0.2) is 5.52 Å². The second kappa shape index (κ2) is 12.3. The number of benzene rings is 1. The van der Waals surface area contributed by atoms with Crippen molar-refractivity contribution in [3.8, 4) is 5.75 Å². The van der Waals surface area contributed by atoms with E-state index in [-0.39, 0.29) is 48.1 Å². The first-order valence-electron chi connectivity index (χ1n) is 10.8. The number of aryl methyl sites for hydroxylation is 3. The van der Waals surface area contributed by atoms with Gasteiger partial charge in [0.2, 0.25) is 0 Å². The number of rotatable bonds is 11. The molecule has 9 nitrogen and oxygen atoms in total. The molecule has 0 saturated heterocycles. The van der Waals surface area contributed by atoms with E-state index in [1.807, 2.05) is 6.92 Å². The Kier molecular flexibility index (Phi) is 10.1. The van der Waals surface area contributed by atoms with Crippen LogP contribution in [-0.2, 0) is 36.0 Å². The number of fused-ring (bicyclic) bond motifs is 1. The number of nitrogens with zero attached hydrogens (tertiary/aromatic N) is 4. The minimum absolute atomic E-state index is 0. The van der Waals surface area contributed by atoms with E-state index in [1.54, 1.807) is 47.5 Å². The number of carboxylic acid groups (broad SMARTS) is 1. The molecular weight excluding hydrogens is 435 g/mol. The van der Waals surface area contributed by atoms with Crippen molar-refractivity contribution in [3.63, 3.8) is 0 Å². The van der Waals surface area contributed by atoms with E-state index < -0.39 is 12.1 Å². The average Bonchev–Trinajstić information content (AvgIpc) is 3.06. The molecule has 0 fully saturated rings. The minimum atomic E-state index is -1.23. The molecule has 0 aliphatic heterocycles. The SMILES string of the molecule is CCCc1nn(C)c2c(=O)n(CCOc3ccc(C[C@H](OCC)C(=O)[O-])cc3)c(C)nc12.[Na+]. The van der Waals surface area contributed by atoms with Gasteiger partial charge < -0.3 is 19.4 Å². The molecule has 0 saturated carbocycles. The molecule has 2 aromatic heterocycles. The minimum Gasteiger partial charge on any atom is -0.547 e. The zero-order chi connectivity index (χ0) is 23.3. The second-order valence-electron chi connectivity index (χ2n) is 7.59. The number of hydrogen-bond acceptors (Lipinski definition) is 7. The van der Waals surface area contributed by atoms with E-state index in [9.17, 15) is 14.7 Å². The van der Waals surface area contributed by atoms with Crippen molar-refractivity contribution < 1.29 is 48.9 Å². The number of carbonyl (C=O) groups is 1. The first-order valence-corrected chi connectivity index (χ1v) is 10.8. The van der Waals surface area contributed by atoms with Gasteiger partial charge in [-0.25, -0.2) is 4.98 Å². The molecule has 172 valence electrons. The van der Waals surface area contributed by atoms with Crippen LogP contribution in [0.1, 0.15) is 37.4 Å². The van der Waals surface area contributed by atoms with Gasteiger partial charge in [-0.05, 0) is 38.0 Å². The standard InChI is InChI=1S/C23H30N4O5.Na/c1-5-7-18-20-21(26(4)25-18)22(28)27(15(3)24-20)12-13-32-17-10-8-16(9-11-17)14-19(23(29)30)31-6-2;/h8-11,19H,5-7,12-14H2,1-4H3,(H,29,30);/q;+1/p-1/t19-;/m0./s1. The van der Waals surface area contributed by atoms with Crippen molar-refractivity contribution in [2.24, 2.45) is 7.05 Å². The summed E-state index contributed by atoms with van der Waals surface area (Å²) in [5.41, 5.74) is 2.69. The number of carboxylic acids is 1. The maximum absolute atomic E-state index is 13.0. The third kappa shape index (κ3) is 6.44. The van der Waals surface area contributed by atoms with Crippen LogP contribution < -0.4 is 45.0 Å². The summed E-state index contributed by atoms with van der Waals surface area (Å²) in [6, 6.07) is 7.12. The summed E-state index contributed by atoms with van der Waals surface area (Å²) in [5, 5.41) is 15.6. The average molecular weight is 464 g/mol. The van der Waals surface area contributed by atoms with Gasteiger partial charge >= 0.3 is 29.6 Å². The smallest absolute Gasteiger partial charge is 0.547 e. The Morgan fingerprint density at radius 2 is 1.91 bits per heavy atom. The fraction of sp³-hybridized carbons (Fsp3) is 0.478. The monoisotopic (exact) mass is 464 g/mol. The predicted octanol–water partition coefficient (Wildman–Crippen LogP) is -1.83. The molecule has 0 unspecified atom stereocenters. The van der Waals surface area contributed by atoms with Crippen LogP contribution in [0.25, 0.3) is 11.0 Å². The fourth-order valence-electron chi connectivity index (χ4n) is 3.69. The summed E-state index contributed by atoms with van der Waals surface area (Å²) in [7, 11) is 1.76. The molecular formula is C23H29N4NaO5. The molecule has 0 N–H and O–H groups in total. The molecule has 33 heavy (non-hydrogen) atoms. The van der Waals surface area contributed by atoms with E-state index in [1.165, 1.54) is 0 Å². The van der Waals surface area contributed by atoms with Crippen LogP contribution in [0.5, 0.6) is 5.75 Å². The normalized spacial score (nSPS) is 11.9. The zero-order valence-corrected chi connectivity index (χ0v) is 22.0. The van der Waals surface area contributed by atoms with E-state index in [4.69, 9.17) is 9.47 Å². The molecule has 1 aromatic carbocycles. The number of ether oxygens (including phenoxy) is 2. The van der Waals surface area contributed by atoms with Crippen LogP contribution in [0.2, 0.25) is 0 Å². The molecule has 1 atom stereocenters. The Labute approximate surface area is 215 Å². The number of aliphatic carboxylic acids is 1. The maximum atomic E-state index is 13.0. The summed E-state index contributed by atoms with van der Waals surface area (Å²) in [4.78, 5) is 28.8. The van der Waals surface area contributed by atoms with Crippen molar-refractivity contribution in [1.29, 1.82) is 0 Å². The quantitative estimate of drug-likeness (QED) is 0.307. The van der Waals surface area contributed by atoms with Crippen molar-refractivity contribution in [1.82, 2.24) is 19.3 Å². The van der Waals surface area contributed by atoms with E-state index in [2.05, 4.69) is 17.0 Å². The molecule has 0 spiro atoms. The molecule has 0 radical (unpaired) electrons. The topological polar surface area (TPSA) is 111 Å². The van der Waals surface area contributed by atoms with Gasteiger partial charge in [0.1, 0.15) is 29.8 Å². The molecule has 3 rings (SSSR count). The maximum Gasteiger partial charge on any atom is 1.00 e. The summed E-state index contributed by atoms with van der Waals surface area (Å²) in [6.07, 6.45) is 0.957. The number of carbonyl (C=O) groups excluding carboxylic acids is 1. The van der Waals surface area contributed by atoms with Crippen LogP contribution in [-0.4, -0.2) is 44.6 Å². The van der Waals surface area contributed by atoms with Gasteiger partial charge in [-0.1, -0.05) is 25.5 Å². The van der Waals surface area contributed by atoms with Crippen LogP contribution in [0, 0.1) is 6.92 Å². The second-order valence-corrected chi connectivity index (χ2v) is 7.59. The summed E-state index contributed by atoms with van der Waals surface area (Å²) in [6.45, 7) is 6.56. The van der Waals surface area contributed by atoms with Gasteiger partial charge in [0, 0.05) is 20.1 Å². The van der Waals surface area contributed by atoms with Gasteiger partial charge in [-0.15, -0.1) is 0 Å². The Morgan fingerprint density at radius 3 is 2.52 bits per heavy atom. The molecule has 3 aromatic rings. The summed E-state index contributed by atoms with van der Waals surface area (Å²) >= 11 is 0. The molecule has 0 aliphatic rings. The third-order valence-electron chi connectivity index (χ3n) is 5.25. The van der Waals surface area contributed by atoms with Gasteiger partial charge in [0.05, 0.1) is 18.2 Å². The largest absolute Gasteiger partial charge is 1.00 e. The Hall–Kier alpha value is -2.20. The van der Waals surface area contributed by atoms with Crippen LogP contribution >= 0.6 is 0 Å². The van der Waals surface area contributed by atoms with Gasteiger partial charge in [-0.2, -0.15) is 5.10 Å². The molecule has 2 heterocycles. The fourth-order valence-corrected chi connectivity index (χ4v) is 3.69. The van der Waals surface area contributed by atoms with Gasteiger partial charge in [0.25, 0.3) is 5.56 Å².